The third-order valence-corrected chi connectivity index (χ3v) is 7.26. The summed E-state index contributed by atoms with van der Waals surface area (Å²) in [5, 5.41) is 9.90. The maximum Gasteiger partial charge on any atom is 0.226 e. The number of nitrogens with one attached hydrogen (secondary N) is 1. The van der Waals surface area contributed by atoms with E-state index in [9.17, 15) is 4.79 Å². The van der Waals surface area contributed by atoms with Crippen molar-refractivity contribution in [3.05, 3.63) is 106 Å². The second kappa shape index (κ2) is 8.33. The Morgan fingerprint density at radius 3 is 2.82 bits per heavy atom. The molecule has 1 N–H and O–H groups in total. The van der Waals surface area contributed by atoms with Crippen LogP contribution >= 0.6 is 11.3 Å². The van der Waals surface area contributed by atoms with Crippen LogP contribution in [-0.2, 0) is 11.4 Å². The Hall–Kier alpha value is -3.71. The van der Waals surface area contributed by atoms with Crippen molar-refractivity contribution in [2.45, 2.75) is 31.4 Å². The molecule has 0 amide bonds. The van der Waals surface area contributed by atoms with E-state index in [0.717, 1.165) is 34.6 Å². The van der Waals surface area contributed by atoms with Crippen LogP contribution in [0.5, 0.6) is 5.75 Å². The number of fused-ring (bicyclic) bond motifs is 1. The number of hydrogen-bond donors (Lipinski definition) is 1. The monoisotopic (exact) mass is 454 g/mol. The first kappa shape index (κ1) is 19.9. The number of rotatable bonds is 5. The number of Topliss-reactive ketones (excluding diaryl/α,β-unsaturated/α-hetero) is 1. The third kappa shape index (κ3) is 3.74. The number of benzene rings is 2. The van der Waals surface area contributed by atoms with E-state index in [1.54, 1.807) is 16.0 Å². The number of hydrogen-bond acceptors (Lipinski definition) is 6. The minimum atomic E-state index is -0.323. The Balaban J connectivity index is 1.35. The predicted octanol–water partition coefficient (Wildman–Crippen LogP) is 5.33. The van der Waals surface area contributed by atoms with Gasteiger partial charge in [0.25, 0.3) is 0 Å². The van der Waals surface area contributed by atoms with Crippen molar-refractivity contribution < 1.29 is 9.53 Å². The first-order valence-corrected chi connectivity index (χ1v) is 11.9. The maximum absolute atomic E-state index is 13.5. The molecule has 7 heteroatoms. The van der Waals surface area contributed by atoms with Crippen LogP contribution in [-0.4, -0.2) is 20.5 Å². The first-order valence-electron chi connectivity index (χ1n) is 11.0. The van der Waals surface area contributed by atoms with Crippen LogP contribution in [0, 0.1) is 0 Å². The molecule has 1 aliphatic heterocycles. The Bertz CT molecular complexity index is 1330. The molecular weight excluding hydrogens is 432 g/mol. The van der Waals surface area contributed by atoms with Gasteiger partial charge in [-0.05, 0) is 41.1 Å². The van der Waals surface area contributed by atoms with Crippen molar-refractivity contribution in [3.8, 4) is 5.75 Å². The van der Waals surface area contributed by atoms with Gasteiger partial charge in [-0.3, -0.25) is 4.79 Å². The summed E-state index contributed by atoms with van der Waals surface area (Å²) in [7, 11) is 0. The lowest BCUT2D eigenvalue weighted by Crippen LogP contribution is -2.33. The van der Waals surface area contributed by atoms with E-state index in [1.807, 2.05) is 60.7 Å². The highest BCUT2D eigenvalue weighted by Gasteiger charge is 2.39. The molecule has 0 unspecified atom stereocenters. The largest absolute Gasteiger partial charge is 0.489 e. The molecule has 164 valence electrons. The normalized spacial score (nSPS) is 19.6. The standard InChI is InChI=1S/C26H22N4O2S/c31-22-14-19(23-10-5-11-33-23)13-21-24(22)25(30-26(29-21)27-16-28-30)18-8-4-9-20(12-18)32-15-17-6-2-1-3-7-17/h1-12,16,19,25H,13-15H2,(H,27,28,29)/t19-,25-/m0/s1. The fourth-order valence-corrected chi connectivity index (χ4v) is 5.53. The van der Waals surface area contributed by atoms with Crippen LogP contribution in [0.25, 0.3) is 0 Å². The highest BCUT2D eigenvalue weighted by molar-refractivity contribution is 7.10. The molecule has 0 fully saturated rings. The Kier molecular flexibility index (Phi) is 5.03. The molecule has 1 aliphatic carbocycles. The number of carbonyl (C=O) groups is 1. The quantitative estimate of drug-likeness (QED) is 0.441. The van der Waals surface area contributed by atoms with Gasteiger partial charge in [0.15, 0.2) is 5.78 Å². The summed E-state index contributed by atoms with van der Waals surface area (Å²) in [6, 6.07) is 21.9. The van der Waals surface area contributed by atoms with Crippen molar-refractivity contribution >= 4 is 23.1 Å². The van der Waals surface area contributed by atoms with Gasteiger partial charge in [-0.1, -0.05) is 48.5 Å². The molecule has 6 nitrogen and oxygen atoms in total. The number of anilines is 1. The predicted molar refractivity (Wildman–Crippen MR) is 127 cm³/mol. The number of ether oxygens (including phenoxy) is 1. The molecule has 0 spiro atoms. The molecule has 0 saturated heterocycles. The molecule has 2 aromatic heterocycles. The van der Waals surface area contributed by atoms with Gasteiger partial charge < -0.3 is 10.1 Å². The van der Waals surface area contributed by atoms with Crippen LogP contribution in [0.15, 0.2) is 89.7 Å². The lowest BCUT2D eigenvalue weighted by atomic mass is 9.80. The lowest BCUT2D eigenvalue weighted by Gasteiger charge is -2.34. The summed E-state index contributed by atoms with van der Waals surface area (Å²) in [6.45, 7) is 0.487. The molecule has 2 atom stereocenters. The highest BCUT2D eigenvalue weighted by atomic mass is 32.1. The van der Waals surface area contributed by atoms with Gasteiger partial charge in [0.05, 0.1) is 0 Å². The number of ketones is 1. The Morgan fingerprint density at radius 1 is 1.06 bits per heavy atom. The molecule has 0 radical (unpaired) electrons. The second-order valence-corrected chi connectivity index (χ2v) is 9.32. The zero-order chi connectivity index (χ0) is 22.2. The summed E-state index contributed by atoms with van der Waals surface area (Å²) in [4.78, 5) is 19.1. The fourth-order valence-electron chi connectivity index (χ4n) is 4.70. The molecule has 6 rings (SSSR count). The van der Waals surface area contributed by atoms with Crippen LogP contribution in [0.4, 0.5) is 5.95 Å². The van der Waals surface area contributed by atoms with E-state index in [1.165, 1.54) is 11.2 Å². The van der Waals surface area contributed by atoms with E-state index in [0.29, 0.717) is 19.0 Å². The van der Waals surface area contributed by atoms with E-state index >= 15 is 0 Å². The van der Waals surface area contributed by atoms with Gasteiger partial charge in [0.2, 0.25) is 5.95 Å². The van der Waals surface area contributed by atoms with Crippen molar-refractivity contribution in [2.75, 3.05) is 5.32 Å². The third-order valence-electron chi connectivity index (χ3n) is 6.23. The van der Waals surface area contributed by atoms with Crippen molar-refractivity contribution in [3.63, 3.8) is 0 Å². The molecule has 0 saturated carbocycles. The molecule has 33 heavy (non-hydrogen) atoms. The van der Waals surface area contributed by atoms with Crippen LogP contribution in [0.2, 0.25) is 0 Å². The maximum atomic E-state index is 13.5. The summed E-state index contributed by atoms with van der Waals surface area (Å²) in [6.07, 6.45) is 2.83. The summed E-state index contributed by atoms with van der Waals surface area (Å²) in [5.41, 5.74) is 3.80. The van der Waals surface area contributed by atoms with Gasteiger partial charge >= 0.3 is 0 Å². The molecule has 3 heterocycles. The molecule has 2 aliphatic rings. The minimum Gasteiger partial charge on any atom is -0.489 e. The first-order chi connectivity index (χ1) is 16.3. The van der Waals surface area contributed by atoms with Gasteiger partial charge in [-0.25, -0.2) is 4.68 Å². The molecular formula is C26H22N4O2S. The SMILES string of the molecule is O=C1C[C@@H](c2cccs2)CC2=C1[C@H](c1cccc(OCc3ccccc3)c1)n1ncnc1N2. The molecule has 2 aromatic carbocycles. The zero-order valence-electron chi connectivity index (χ0n) is 17.8. The average Bonchev–Trinajstić information content (AvgIpc) is 3.54. The van der Waals surface area contributed by atoms with Crippen LogP contribution in [0.1, 0.15) is 40.8 Å². The number of aromatic nitrogens is 3. The van der Waals surface area contributed by atoms with Gasteiger partial charge in [0, 0.05) is 28.5 Å². The average molecular weight is 455 g/mol. The fraction of sp³-hybridized carbons (Fsp3) is 0.192. The topological polar surface area (TPSA) is 69.0 Å². The number of thiophene rings is 1. The van der Waals surface area contributed by atoms with Crippen LogP contribution < -0.4 is 10.1 Å². The second-order valence-electron chi connectivity index (χ2n) is 8.34. The van der Waals surface area contributed by atoms with Gasteiger partial charge in [-0.2, -0.15) is 10.1 Å². The van der Waals surface area contributed by atoms with Gasteiger partial charge in [0.1, 0.15) is 24.7 Å². The highest BCUT2D eigenvalue weighted by Crippen LogP contribution is 2.44. The number of allylic oxidation sites excluding steroid dienone is 2. The van der Waals surface area contributed by atoms with E-state index in [4.69, 9.17) is 4.74 Å². The summed E-state index contributed by atoms with van der Waals surface area (Å²) < 4.78 is 7.87. The molecule has 4 aromatic rings. The van der Waals surface area contributed by atoms with Crippen molar-refractivity contribution in [1.82, 2.24) is 14.8 Å². The van der Waals surface area contributed by atoms with E-state index < -0.39 is 0 Å². The van der Waals surface area contributed by atoms with Crippen molar-refractivity contribution in [1.29, 1.82) is 0 Å². The van der Waals surface area contributed by atoms with E-state index in [-0.39, 0.29) is 17.7 Å². The zero-order valence-corrected chi connectivity index (χ0v) is 18.7. The number of nitrogens with zero attached hydrogens (tertiary/aromatic N) is 3. The minimum absolute atomic E-state index is 0.156. The van der Waals surface area contributed by atoms with E-state index in [2.05, 4.69) is 26.8 Å². The van der Waals surface area contributed by atoms with Crippen molar-refractivity contribution in [2.24, 2.45) is 0 Å². The summed E-state index contributed by atoms with van der Waals surface area (Å²) in [5.74, 6) is 1.77. The Morgan fingerprint density at radius 2 is 1.97 bits per heavy atom. The Labute approximate surface area is 195 Å². The smallest absolute Gasteiger partial charge is 0.226 e. The van der Waals surface area contributed by atoms with Crippen LogP contribution in [0.3, 0.4) is 0 Å². The summed E-state index contributed by atoms with van der Waals surface area (Å²) >= 11 is 1.71. The van der Waals surface area contributed by atoms with Gasteiger partial charge in [-0.15, -0.1) is 11.3 Å². The lowest BCUT2D eigenvalue weighted by molar-refractivity contribution is -0.116. The number of carbonyl (C=O) groups excluding carboxylic acids is 1. The molecule has 0 bridgehead atoms.